The molecule has 0 aliphatic carbocycles. The van der Waals surface area contributed by atoms with Crippen molar-refractivity contribution >= 4 is 27.3 Å². The number of hydrogen-bond donors (Lipinski definition) is 1. The van der Waals surface area contributed by atoms with Crippen LogP contribution < -0.4 is 9.62 Å². The molecule has 0 radical (unpaired) electrons. The molecule has 0 saturated carbocycles. The second-order valence-electron chi connectivity index (χ2n) is 6.04. The minimum Gasteiger partial charge on any atom is -0.324 e. The van der Waals surface area contributed by atoms with Crippen molar-refractivity contribution in [1.29, 1.82) is 5.26 Å². The molecule has 146 valence electrons. The van der Waals surface area contributed by atoms with E-state index in [1.54, 1.807) is 48.5 Å². The molecular weight excluding hydrogens is 393 g/mol. The van der Waals surface area contributed by atoms with E-state index in [2.05, 4.69) is 5.32 Å². The first kappa shape index (κ1) is 20.0. The van der Waals surface area contributed by atoms with Crippen LogP contribution in [0.4, 0.5) is 15.8 Å². The van der Waals surface area contributed by atoms with E-state index in [0.717, 1.165) is 28.6 Å². The lowest BCUT2D eigenvalue weighted by atomic mass is 10.2. The summed E-state index contributed by atoms with van der Waals surface area (Å²) >= 11 is 0. The van der Waals surface area contributed by atoms with Crippen LogP contribution in [0, 0.1) is 17.1 Å². The van der Waals surface area contributed by atoms with E-state index >= 15 is 0 Å². The fraction of sp³-hybridized carbons (Fsp3) is 0.0476. The highest BCUT2D eigenvalue weighted by Gasteiger charge is 2.27. The van der Waals surface area contributed by atoms with Gasteiger partial charge in [-0.25, -0.2) is 12.8 Å². The molecule has 1 N–H and O–H groups in total. The third-order valence-corrected chi connectivity index (χ3v) is 5.80. The van der Waals surface area contributed by atoms with E-state index in [9.17, 15) is 17.6 Å². The number of amides is 1. The Labute approximate surface area is 167 Å². The first-order chi connectivity index (χ1) is 13.9. The molecule has 0 saturated heterocycles. The molecular formula is C21H16FN3O3S. The van der Waals surface area contributed by atoms with Gasteiger partial charge in [0, 0.05) is 5.69 Å². The molecule has 3 rings (SSSR count). The first-order valence-electron chi connectivity index (χ1n) is 8.53. The minimum atomic E-state index is -4.12. The molecule has 1 amide bonds. The summed E-state index contributed by atoms with van der Waals surface area (Å²) in [5, 5.41) is 11.6. The molecule has 8 heteroatoms. The molecule has 0 bridgehead atoms. The summed E-state index contributed by atoms with van der Waals surface area (Å²) in [6.07, 6.45) is 0. The summed E-state index contributed by atoms with van der Waals surface area (Å²) < 4.78 is 40.4. The Balaban J connectivity index is 1.91. The SMILES string of the molecule is N#Cc1cccc(NC(=O)CN(c2ccccc2)S(=O)(=O)c2ccc(F)cc2)c1. The van der Waals surface area contributed by atoms with Crippen molar-refractivity contribution in [2.45, 2.75) is 4.90 Å². The number of sulfonamides is 1. The van der Waals surface area contributed by atoms with Gasteiger partial charge in [0.15, 0.2) is 0 Å². The van der Waals surface area contributed by atoms with Gasteiger partial charge in [0.25, 0.3) is 10.0 Å². The van der Waals surface area contributed by atoms with Crippen LogP contribution in [0.5, 0.6) is 0 Å². The second-order valence-corrected chi connectivity index (χ2v) is 7.90. The van der Waals surface area contributed by atoms with Gasteiger partial charge in [-0.1, -0.05) is 24.3 Å². The van der Waals surface area contributed by atoms with E-state index < -0.39 is 28.3 Å². The highest BCUT2D eigenvalue weighted by atomic mass is 32.2. The standard InChI is InChI=1S/C21H16FN3O3S/c22-17-9-11-20(12-10-17)29(27,28)25(19-7-2-1-3-8-19)15-21(26)24-18-6-4-5-16(13-18)14-23/h1-13H,15H2,(H,24,26). The Hall–Kier alpha value is -3.70. The summed E-state index contributed by atoms with van der Waals surface area (Å²) in [6.45, 7) is -0.499. The van der Waals surface area contributed by atoms with Gasteiger partial charge in [0.1, 0.15) is 12.4 Å². The maximum Gasteiger partial charge on any atom is 0.264 e. The van der Waals surface area contributed by atoms with Crippen LogP contribution in [0.25, 0.3) is 0 Å². The fourth-order valence-corrected chi connectivity index (χ4v) is 4.06. The van der Waals surface area contributed by atoms with Crippen LogP contribution in [-0.4, -0.2) is 20.9 Å². The third-order valence-electron chi connectivity index (χ3n) is 4.01. The molecule has 6 nitrogen and oxygen atoms in total. The van der Waals surface area contributed by atoms with Crippen LogP contribution in [0.1, 0.15) is 5.56 Å². The lowest BCUT2D eigenvalue weighted by Crippen LogP contribution is -2.38. The Morgan fingerprint density at radius 1 is 1.00 bits per heavy atom. The fourth-order valence-electron chi connectivity index (χ4n) is 2.64. The van der Waals surface area contributed by atoms with Crippen molar-refractivity contribution in [2.75, 3.05) is 16.2 Å². The number of carbonyl (C=O) groups is 1. The number of nitrogens with one attached hydrogen (secondary N) is 1. The van der Waals surface area contributed by atoms with Crippen LogP contribution in [-0.2, 0) is 14.8 Å². The largest absolute Gasteiger partial charge is 0.324 e. The molecule has 0 unspecified atom stereocenters. The summed E-state index contributed by atoms with van der Waals surface area (Å²) in [6, 6.07) is 20.8. The van der Waals surface area contributed by atoms with Gasteiger partial charge in [0.05, 0.1) is 22.2 Å². The van der Waals surface area contributed by atoms with Gasteiger partial charge < -0.3 is 5.32 Å². The van der Waals surface area contributed by atoms with E-state index in [1.807, 2.05) is 6.07 Å². The Morgan fingerprint density at radius 3 is 2.34 bits per heavy atom. The molecule has 0 aromatic heterocycles. The zero-order valence-corrected chi connectivity index (χ0v) is 15.9. The predicted molar refractivity (Wildman–Crippen MR) is 107 cm³/mol. The summed E-state index contributed by atoms with van der Waals surface area (Å²) in [5.74, 6) is -1.15. The molecule has 3 aromatic rings. The average molecular weight is 409 g/mol. The molecule has 29 heavy (non-hydrogen) atoms. The average Bonchev–Trinajstić information content (AvgIpc) is 2.73. The number of hydrogen-bond acceptors (Lipinski definition) is 4. The topological polar surface area (TPSA) is 90.3 Å². The number of nitrogens with zero attached hydrogens (tertiary/aromatic N) is 2. The molecule has 0 atom stereocenters. The second kappa shape index (κ2) is 8.54. The lowest BCUT2D eigenvalue weighted by molar-refractivity contribution is -0.114. The van der Waals surface area contributed by atoms with Gasteiger partial charge in [-0.2, -0.15) is 5.26 Å². The van der Waals surface area contributed by atoms with E-state index in [0.29, 0.717) is 11.3 Å². The highest BCUT2D eigenvalue weighted by Crippen LogP contribution is 2.24. The number of anilines is 2. The molecule has 0 aliphatic heterocycles. The van der Waals surface area contributed by atoms with Gasteiger partial charge in [-0.15, -0.1) is 0 Å². The van der Waals surface area contributed by atoms with Gasteiger partial charge in [0.2, 0.25) is 5.91 Å². The number of benzene rings is 3. The van der Waals surface area contributed by atoms with E-state index in [-0.39, 0.29) is 10.6 Å². The summed E-state index contributed by atoms with van der Waals surface area (Å²) in [4.78, 5) is 12.4. The van der Waals surface area contributed by atoms with Crippen molar-refractivity contribution in [3.8, 4) is 6.07 Å². The molecule has 0 fully saturated rings. The van der Waals surface area contributed by atoms with Gasteiger partial charge in [-0.05, 0) is 54.6 Å². The number of nitriles is 1. The van der Waals surface area contributed by atoms with Crippen LogP contribution in [0.15, 0.2) is 83.8 Å². The van der Waals surface area contributed by atoms with Crippen LogP contribution in [0.2, 0.25) is 0 Å². The van der Waals surface area contributed by atoms with Crippen molar-refractivity contribution in [1.82, 2.24) is 0 Å². The Bertz CT molecular complexity index is 1160. The minimum absolute atomic E-state index is 0.137. The Kier molecular flexibility index (Phi) is 5.90. The van der Waals surface area contributed by atoms with Gasteiger partial charge >= 0.3 is 0 Å². The summed E-state index contributed by atoms with van der Waals surface area (Å²) in [5.41, 5.74) is 1.03. The van der Waals surface area contributed by atoms with E-state index in [4.69, 9.17) is 5.26 Å². The zero-order valence-electron chi connectivity index (χ0n) is 15.1. The molecule has 3 aromatic carbocycles. The van der Waals surface area contributed by atoms with Crippen molar-refractivity contribution < 1.29 is 17.6 Å². The first-order valence-corrected chi connectivity index (χ1v) is 9.97. The highest BCUT2D eigenvalue weighted by molar-refractivity contribution is 7.92. The number of carbonyl (C=O) groups excluding carboxylic acids is 1. The number of rotatable bonds is 6. The number of halogens is 1. The molecule has 0 spiro atoms. The van der Waals surface area contributed by atoms with Crippen LogP contribution >= 0.6 is 0 Å². The van der Waals surface area contributed by atoms with E-state index in [1.165, 1.54) is 6.07 Å². The summed E-state index contributed by atoms with van der Waals surface area (Å²) in [7, 11) is -4.12. The van der Waals surface area contributed by atoms with Crippen molar-refractivity contribution in [3.05, 3.63) is 90.2 Å². The van der Waals surface area contributed by atoms with Crippen LogP contribution in [0.3, 0.4) is 0 Å². The maximum atomic E-state index is 13.2. The number of para-hydroxylation sites is 1. The van der Waals surface area contributed by atoms with Gasteiger partial charge in [-0.3, -0.25) is 9.10 Å². The lowest BCUT2D eigenvalue weighted by Gasteiger charge is -2.24. The zero-order chi connectivity index (χ0) is 20.9. The third kappa shape index (κ3) is 4.78. The normalized spacial score (nSPS) is 10.8. The molecule has 0 aliphatic rings. The monoisotopic (exact) mass is 409 g/mol. The quantitative estimate of drug-likeness (QED) is 0.674. The molecule has 0 heterocycles. The van der Waals surface area contributed by atoms with Crippen molar-refractivity contribution in [2.24, 2.45) is 0 Å². The smallest absolute Gasteiger partial charge is 0.264 e. The Morgan fingerprint density at radius 2 is 1.69 bits per heavy atom. The maximum absolute atomic E-state index is 13.2. The predicted octanol–water partition coefficient (Wildman–Crippen LogP) is 3.53. The van der Waals surface area contributed by atoms with Crippen molar-refractivity contribution in [3.63, 3.8) is 0 Å².